The van der Waals surface area contributed by atoms with Crippen LogP contribution in [-0.2, 0) is 0 Å². The second-order valence-corrected chi connectivity index (χ2v) is 6.50. The predicted molar refractivity (Wildman–Crippen MR) is 92.1 cm³/mol. The number of hydrogen-bond donors (Lipinski definition) is 0. The Bertz CT molecular complexity index is 295. The lowest BCUT2D eigenvalue weighted by molar-refractivity contribution is 0.523. The van der Waals surface area contributed by atoms with E-state index in [-0.39, 0.29) is 0 Å². The van der Waals surface area contributed by atoms with Crippen LogP contribution in [0.2, 0.25) is 0 Å². The maximum Gasteiger partial charge on any atom is -0.0165 e. The van der Waals surface area contributed by atoms with Crippen molar-refractivity contribution in [2.45, 2.75) is 97.8 Å². The molecule has 0 amide bonds. The third-order valence-corrected chi connectivity index (χ3v) is 4.73. The molecule has 20 heavy (non-hydrogen) atoms. The first-order valence-corrected chi connectivity index (χ1v) is 9.20. The predicted octanol–water partition coefficient (Wildman–Crippen LogP) is 7.21. The summed E-state index contributed by atoms with van der Waals surface area (Å²) in [7, 11) is 0. The maximum atomic E-state index is 2.47. The van der Waals surface area contributed by atoms with Crippen LogP contribution >= 0.6 is 0 Å². The molecule has 0 radical (unpaired) electrons. The summed E-state index contributed by atoms with van der Waals surface area (Å²) in [6.45, 7) is 6.95. The summed E-state index contributed by atoms with van der Waals surface area (Å²) < 4.78 is 0. The molecule has 0 fully saturated rings. The maximum absolute atomic E-state index is 2.47. The molecule has 0 heteroatoms. The van der Waals surface area contributed by atoms with E-state index < -0.39 is 0 Å². The largest absolute Gasteiger partial charge is 0.0696 e. The minimum atomic E-state index is 0.850. The van der Waals surface area contributed by atoms with Gasteiger partial charge in [0.15, 0.2) is 0 Å². The quantitative estimate of drug-likeness (QED) is 0.350. The van der Waals surface area contributed by atoms with Gasteiger partial charge in [-0.25, -0.2) is 0 Å². The Morgan fingerprint density at radius 3 is 2.05 bits per heavy atom. The van der Waals surface area contributed by atoms with Crippen LogP contribution < -0.4 is 0 Å². The van der Waals surface area contributed by atoms with Gasteiger partial charge in [0, 0.05) is 0 Å². The number of allylic oxidation sites excluding steroid dienone is 4. The molecular weight excluding hydrogens is 240 g/mol. The molecule has 1 unspecified atom stereocenters. The van der Waals surface area contributed by atoms with Gasteiger partial charge in [-0.2, -0.15) is 0 Å². The zero-order valence-corrected chi connectivity index (χ0v) is 14.2. The highest BCUT2D eigenvalue weighted by molar-refractivity contribution is 5.26. The van der Waals surface area contributed by atoms with Gasteiger partial charge >= 0.3 is 0 Å². The van der Waals surface area contributed by atoms with E-state index in [1.807, 2.05) is 0 Å². The molecule has 1 rings (SSSR count). The minimum Gasteiger partial charge on any atom is -0.0696 e. The van der Waals surface area contributed by atoms with Gasteiger partial charge in [0.25, 0.3) is 0 Å². The van der Waals surface area contributed by atoms with Gasteiger partial charge in [0.05, 0.1) is 0 Å². The van der Waals surface area contributed by atoms with Crippen molar-refractivity contribution in [3.8, 4) is 0 Å². The van der Waals surface area contributed by atoms with Crippen molar-refractivity contribution in [1.29, 1.82) is 0 Å². The van der Waals surface area contributed by atoms with Gasteiger partial charge in [-0.05, 0) is 44.4 Å². The van der Waals surface area contributed by atoms with E-state index in [9.17, 15) is 0 Å². The fourth-order valence-electron chi connectivity index (χ4n) is 3.29. The Labute approximate surface area is 127 Å². The van der Waals surface area contributed by atoms with E-state index >= 15 is 0 Å². The summed E-state index contributed by atoms with van der Waals surface area (Å²) in [5.41, 5.74) is 3.45. The van der Waals surface area contributed by atoms with Crippen molar-refractivity contribution in [2.75, 3.05) is 0 Å². The second kappa shape index (κ2) is 11.2. The number of unbranched alkanes of at least 4 members (excludes halogenated alkanes) is 6. The van der Waals surface area contributed by atoms with E-state index in [0.717, 1.165) is 5.92 Å². The monoisotopic (exact) mass is 276 g/mol. The molecular formula is C20H36. The van der Waals surface area contributed by atoms with E-state index in [4.69, 9.17) is 0 Å². The van der Waals surface area contributed by atoms with Crippen LogP contribution in [0.5, 0.6) is 0 Å². The molecule has 0 heterocycles. The van der Waals surface area contributed by atoms with E-state index in [2.05, 4.69) is 32.9 Å². The third kappa shape index (κ3) is 6.77. The molecule has 0 aromatic rings. The molecule has 0 N–H and O–H groups in total. The van der Waals surface area contributed by atoms with Gasteiger partial charge in [-0.1, -0.05) is 82.6 Å². The second-order valence-electron chi connectivity index (χ2n) is 6.50. The topological polar surface area (TPSA) is 0 Å². The smallest absolute Gasteiger partial charge is 0.0165 e. The lowest BCUT2D eigenvalue weighted by Gasteiger charge is -2.24. The van der Waals surface area contributed by atoms with Crippen LogP contribution in [0.15, 0.2) is 23.3 Å². The van der Waals surface area contributed by atoms with Crippen LogP contribution in [0.1, 0.15) is 97.8 Å². The molecule has 0 aromatic heterocycles. The lowest BCUT2D eigenvalue weighted by Crippen LogP contribution is -2.08. The first-order chi connectivity index (χ1) is 9.81. The van der Waals surface area contributed by atoms with Crippen LogP contribution in [0, 0.1) is 5.92 Å². The van der Waals surface area contributed by atoms with E-state index in [1.54, 1.807) is 11.1 Å². The molecule has 1 aliphatic carbocycles. The molecule has 1 atom stereocenters. The van der Waals surface area contributed by atoms with Crippen LogP contribution in [0.25, 0.3) is 0 Å². The fourth-order valence-corrected chi connectivity index (χ4v) is 3.29. The van der Waals surface area contributed by atoms with E-state index in [1.165, 1.54) is 77.0 Å². The van der Waals surface area contributed by atoms with Crippen molar-refractivity contribution in [3.63, 3.8) is 0 Å². The van der Waals surface area contributed by atoms with Gasteiger partial charge < -0.3 is 0 Å². The Morgan fingerprint density at radius 1 is 0.800 bits per heavy atom. The third-order valence-electron chi connectivity index (χ3n) is 4.73. The van der Waals surface area contributed by atoms with Crippen molar-refractivity contribution in [1.82, 2.24) is 0 Å². The highest BCUT2D eigenvalue weighted by atomic mass is 14.2. The Balaban J connectivity index is 2.36. The van der Waals surface area contributed by atoms with Crippen molar-refractivity contribution >= 4 is 0 Å². The first-order valence-electron chi connectivity index (χ1n) is 9.20. The SMILES string of the molecule is CCCCCCC1=CC=C(CCCCCC)C(CC)C1. The van der Waals surface area contributed by atoms with Crippen molar-refractivity contribution in [3.05, 3.63) is 23.3 Å². The zero-order chi connectivity index (χ0) is 14.6. The van der Waals surface area contributed by atoms with Crippen molar-refractivity contribution < 1.29 is 0 Å². The molecule has 1 aliphatic rings. The highest BCUT2D eigenvalue weighted by Crippen LogP contribution is 2.33. The molecule has 0 bridgehead atoms. The lowest BCUT2D eigenvalue weighted by atomic mass is 9.81. The Hall–Kier alpha value is -0.520. The summed E-state index contributed by atoms with van der Waals surface area (Å²) >= 11 is 0. The molecule has 0 nitrogen and oxygen atoms in total. The zero-order valence-electron chi connectivity index (χ0n) is 14.2. The van der Waals surface area contributed by atoms with Crippen LogP contribution in [-0.4, -0.2) is 0 Å². The molecule has 0 saturated carbocycles. The number of hydrogen-bond acceptors (Lipinski definition) is 0. The average molecular weight is 277 g/mol. The molecule has 0 aromatic carbocycles. The van der Waals surface area contributed by atoms with Gasteiger partial charge in [0.1, 0.15) is 0 Å². The highest BCUT2D eigenvalue weighted by Gasteiger charge is 2.17. The minimum absolute atomic E-state index is 0.850. The standard InChI is InChI=1S/C20H36/c1-4-7-9-11-13-18-15-16-20(19(6-3)17-18)14-12-10-8-5-2/h15-16,19H,4-14,17H2,1-3H3. The number of rotatable bonds is 11. The van der Waals surface area contributed by atoms with Gasteiger partial charge in [0.2, 0.25) is 0 Å². The Kier molecular flexibility index (Phi) is 9.79. The molecule has 0 spiro atoms. The van der Waals surface area contributed by atoms with Crippen LogP contribution in [0.4, 0.5) is 0 Å². The summed E-state index contributed by atoms with van der Waals surface area (Å²) in [6.07, 6.45) is 21.4. The van der Waals surface area contributed by atoms with Gasteiger partial charge in [-0.3, -0.25) is 0 Å². The summed E-state index contributed by atoms with van der Waals surface area (Å²) in [6, 6.07) is 0. The first kappa shape index (κ1) is 17.5. The summed E-state index contributed by atoms with van der Waals surface area (Å²) in [5.74, 6) is 0.850. The normalized spacial score (nSPS) is 18.9. The Morgan fingerprint density at radius 2 is 1.45 bits per heavy atom. The molecule has 116 valence electrons. The van der Waals surface area contributed by atoms with Crippen molar-refractivity contribution in [2.24, 2.45) is 5.92 Å². The van der Waals surface area contributed by atoms with E-state index in [0.29, 0.717) is 0 Å². The summed E-state index contributed by atoms with van der Waals surface area (Å²) in [5, 5.41) is 0. The average Bonchev–Trinajstić information content (AvgIpc) is 2.49. The summed E-state index contributed by atoms with van der Waals surface area (Å²) in [4.78, 5) is 0. The van der Waals surface area contributed by atoms with Gasteiger partial charge in [-0.15, -0.1) is 0 Å². The molecule has 0 aliphatic heterocycles. The fraction of sp³-hybridized carbons (Fsp3) is 0.800. The molecule has 0 saturated heterocycles. The van der Waals surface area contributed by atoms with Crippen LogP contribution in [0.3, 0.4) is 0 Å².